The molecule has 0 saturated heterocycles. The van der Waals surface area contributed by atoms with Crippen molar-refractivity contribution in [1.29, 1.82) is 0 Å². The molecule has 1 aromatic heterocycles. The first kappa shape index (κ1) is 15.4. The van der Waals surface area contributed by atoms with Crippen molar-refractivity contribution in [2.75, 3.05) is 10.6 Å². The molecule has 122 valence electrons. The molecule has 0 amide bonds. The Labute approximate surface area is 149 Å². The van der Waals surface area contributed by atoms with E-state index < -0.39 is 0 Å². The van der Waals surface area contributed by atoms with Crippen LogP contribution in [-0.2, 0) is 0 Å². The molecular formula is C19H14ClN5. The number of hydrogen-bond donors (Lipinski definition) is 2. The van der Waals surface area contributed by atoms with E-state index in [1.807, 2.05) is 48.5 Å². The van der Waals surface area contributed by atoms with Crippen molar-refractivity contribution in [2.45, 2.75) is 0 Å². The van der Waals surface area contributed by atoms with E-state index in [-0.39, 0.29) is 5.15 Å². The van der Waals surface area contributed by atoms with E-state index >= 15 is 0 Å². The fraction of sp³-hybridized carbons (Fsp3) is 0. The van der Waals surface area contributed by atoms with Gasteiger partial charge in [0.25, 0.3) is 0 Å². The lowest BCUT2D eigenvalue weighted by molar-refractivity contribution is 0.874. The zero-order chi connectivity index (χ0) is 17.1. The molecule has 0 unspecified atom stereocenters. The van der Waals surface area contributed by atoms with Crippen molar-refractivity contribution in [3.8, 4) is 0 Å². The first-order chi connectivity index (χ1) is 12.3. The minimum Gasteiger partial charge on any atom is -0.350 e. The highest BCUT2D eigenvalue weighted by Crippen LogP contribution is 2.31. The Balaban J connectivity index is 1.68. The lowest BCUT2D eigenvalue weighted by Crippen LogP contribution is -2.04. The first-order valence-corrected chi connectivity index (χ1v) is 8.14. The van der Waals surface area contributed by atoms with Gasteiger partial charge in [0.15, 0.2) is 11.0 Å². The first-order valence-electron chi connectivity index (χ1n) is 7.76. The largest absolute Gasteiger partial charge is 0.350 e. The normalized spacial score (nSPS) is 10.6. The molecule has 0 spiro atoms. The van der Waals surface area contributed by atoms with Crippen LogP contribution in [0.3, 0.4) is 0 Å². The topological polar surface area (TPSA) is 62.7 Å². The maximum Gasteiger partial charge on any atom is 0.181 e. The predicted molar refractivity (Wildman–Crippen MR) is 102 cm³/mol. The quantitative estimate of drug-likeness (QED) is 0.533. The van der Waals surface area contributed by atoms with E-state index in [1.165, 1.54) is 5.39 Å². The molecule has 4 rings (SSSR count). The van der Waals surface area contributed by atoms with Gasteiger partial charge in [-0.25, -0.2) is 0 Å². The molecule has 3 aromatic carbocycles. The fourth-order valence-electron chi connectivity index (χ4n) is 2.57. The van der Waals surface area contributed by atoms with Crippen LogP contribution in [0.1, 0.15) is 0 Å². The SMILES string of the molecule is Clc1nnnc(Nc2ccc3ccccc3c2)c1Nc1ccccc1. The second kappa shape index (κ2) is 6.75. The molecular weight excluding hydrogens is 334 g/mol. The van der Waals surface area contributed by atoms with Gasteiger partial charge >= 0.3 is 0 Å². The molecule has 0 atom stereocenters. The minimum atomic E-state index is 0.252. The van der Waals surface area contributed by atoms with Gasteiger partial charge in [0.05, 0.1) is 0 Å². The summed E-state index contributed by atoms with van der Waals surface area (Å²) in [5, 5.41) is 20.7. The van der Waals surface area contributed by atoms with Crippen LogP contribution in [0.5, 0.6) is 0 Å². The minimum absolute atomic E-state index is 0.252. The van der Waals surface area contributed by atoms with Gasteiger partial charge in [-0.15, -0.1) is 10.2 Å². The standard InChI is InChI=1S/C19H14ClN5/c20-18-17(21-15-8-2-1-3-9-15)19(24-25-23-18)22-16-11-10-13-6-4-5-7-14(13)12-16/h1-12H,(H,21,25)(H,22,23,24). The second-order valence-corrected chi connectivity index (χ2v) is 5.84. The van der Waals surface area contributed by atoms with Gasteiger partial charge in [0, 0.05) is 11.4 Å². The highest BCUT2D eigenvalue weighted by atomic mass is 35.5. The van der Waals surface area contributed by atoms with Crippen LogP contribution in [-0.4, -0.2) is 15.4 Å². The molecule has 25 heavy (non-hydrogen) atoms. The van der Waals surface area contributed by atoms with E-state index in [2.05, 4.69) is 50.3 Å². The van der Waals surface area contributed by atoms with E-state index in [0.717, 1.165) is 16.8 Å². The molecule has 2 N–H and O–H groups in total. The van der Waals surface area contributed by atoms with Crippen LogP contribution in [0.25, 0.3) is 10.8 Å². The van der Waals surface area contributed by atoms with Crippen LogP contribution in [0.15, 0.2) is 72.8 Å². The third-order valence-corrected chi connectivity index (χ3v) is 4.04. The van der Waals surface area contributed by atoms with Crippen molar-refractivity contribution in [2.24, 2.45) is 0 Å². The summed E-state index contributed by atoms with van der Waals surface area (Å²) < 4.78 is 0. The van der Waals surface area contributed by atoms with Crippen LogP contribution in [0.2, 0.25) is 5.15 Å². The van der Waals surface area contributed by atoms with E-state index in [1.54, 1.807) is 0 Å². The van der Waals surface area contributed by atoms with Crippen LogP contribution >= 0.6 is 11.6 Å². The second-order valence-electron chi connectivity index (χ2n) is 5.48. The zero-order valence-corrected chi connectivity index (χ0v) is 13.9. The smallest absolute Gasteiger partial charge is 0.181 e. The Morgan fingerprint density at radius 3 is 2.28 bits per heavy atom. The number of nitrogens with zero attached hydrogens (tertiary/aromatic N) is 3. The van der Waals surface area contributed by atoms with Crippen molar-refractivity contribution in [3.63, 3.8) is 0 Å². The van der Waals surface area contributed by atoms with Crippen molar-refractivity contribution < 1.29 is 0 Å². The third-order valence-electron chi connectivity index (χ3n) is 3.78. The number of para-hydroxylation sites is 1. The zero-order valence-electron chi connectivity index (χ0n) is 13.1. The number of anilines is 4. The Kier molecular flexibility index (Phi) is 4.14. The van der Waals surface area contributed by atoms with Crippen molar-refractivity contribution in [1.82, 2.24) is 15.4 Å². The average molecular weight is 348 g/mol. The molecule has 0 saturated carbocycles. The van der Waals surface area contributed by atoms with Gasteiger partial charge in [-0.2, -0.15) is 0 Å². The number of halogens is 1. The van der Waals surface area contributed by atoms with Gasteiger partial charge in [-0.1, -0.05) is 60.1 Å². The summed E-state index contributed by atoms with van der Waals surface area (Å²) in [5.41, 5.74) is 2.36. The summed E-state index contributed by atoms with van der Waals surface area (Å²) in [6, 6.07) is 24.0. The lowest BCUT2D eigenvalue weighted by atomic mass is 10.1. The molecule has 5 nitrogen and oxygen atoms in total. The maximum absolute atomic E-state index is 6.22. The fourth-order valence-corrected chi connectivity index (χ4v) is 2.74. The number of benzene rings is 3. The molecule has 6 heteroatoms. The highest BCUT2D eigenvalue weighted by molar-refractivity contribution is 6.32. The Bertz CT molecular complexity index is 1020. The van der Waals surface area contributed by atoms with Gasteiger partial charge in [-0.05, 0) is 40.3 Å². The summed E-state index contributed by atoms with van der Waals surface area (Å²) in [4.78, 5) is 0. The average Bonchev–Trinajstić information content (AvgIpc) is 2.65. The van der Waals surface area contributed by atoms with Crippen LogP contribution in [0, 0.1) is 0 Å². The Morgan fingerprint density at radius 2 is 1.44 bits per heavy atom. The molecule has 0 aliphatic heterocycles. The molecule has 0 aliphatic carbocycles. The number of hydrogen-bond acceptors (Lipinski definition) is 5. The number of nitrogens with one attached hydrogen (secondary N) is 2. The van der Waals surface area contributed by atoms with E-state index in [4.69, 9.17) is 11.6 Å². The molecule has 4 aromatic rings. The lowest BCUT2D eigenvalue weighted by Gasteiger charge is -2.13. The molecule has 0 aliphatic rings. The summed E-state index contributed by atoms with van der Waals surface area (Å²) in [5.74, 6) is 0.513. The van der Waals surface area contributed by atoms with Crippen LogP contribution in [0.4, 0.5) is 22.9 Å². The number of aromatic nitrogens is 3. The van der Waals surface area contributed by atoms with E-state index in [9.17, 15) is 0 Å². The Hall–Kier alpha value is -3.18. The van der Waals surface area contributed by atoms with Gasteiger partial charge in [0.2, 0.25) is 0 Å². The molecule has 0 radical (unpaired) electrons. The summed E-state index contributed by atoms with van der Waals surface area (Å²) in [7, 11) is 0. The van der Waals surface area contributed by atoms with Gasteiger partial charge in [-0.3, -0.25) is 0 Å². The number of fused-ring (bicyclic) bond motifs is 1. The predicted octanol–water partition coefficient (Wildman–Crippen LogP) is 5.17. The van der Waals surface area contributed by atoms with Crippen molar-refractivity contribution in [3.05, 3.63) is 77.9 Å². The van der Waals surface area contributed by atoms with Gasteiger partial charge < -0.3 is 10.6 Å². The maximum atomic E-state index is 6.22. The highest BCUT2D eigenvalue weighted by Gasteiger charge is 2.12. The summed E-state index contributed by atoms with van der Waals surface area (Å²) in [6.45, 7) is 0. The van der Waals surface area contributed by atoms with Gasteiger partial charge in [0.1, 0.15) is 5.69 Å². The summed E-state index contributed by atoms with van der Waals surface area (Å²) in [6.07, 6.45) is 0. The molecule has 0 fully saturated rings. The van der Waals surface area contributed by atoms with Crippen LogP contribution < -0.4 is 10.6 Å². The van der Waals surface area contributed by atoms with E-state index in [0.29, 0.717) is 11.5 Å². The molecule has 0 bridgehead atoms. The number of rotatable bonds is 4. The Morgan fingerprint density at radius 1 is 0.680 bits per heavy atom. The van der Waals surface area contributed by atoms with Crippen molar-refractivity contribution >= 4 is 45.3 Å². The summed E-state index contributed by atoms with van der Waals surface area (Å²) >= 11 is 6.22. The monoisotopic (exact) mass is 347 g/mol. The third kappa shape index (κ3) is 3.36. The molecule has 1 heterocycles.